The molecule has 0 aromatic heterocycles. The second kappa shape index (κ2) is 8.66. The van der Waals surface area contributed by atoms with Crippen LogP contribution in [-0.2, 0) is 17.1 Å². The van der Waals surface area contributed by atoms with Gasteiger partial charge in [-0.15, -0.1) is 0 Å². The van der Waals surface area contributed by atoms with Gasteiger partial charge in [0.2, 0.25) is 0 Å². The summed E-state index contributed by atoms with van der Waals surface area (Å²) in [5.41, 5.74) is 6.82. The van der Waals surface area contributed by atoms with Crippen molar-refractivity contribution in [3.63, 3.8) is 0 Å². The number of nitrogens with zero attached hydrogens (tertiary/aromatic N) is 3. The summed E-state index contributed by atoms with van der Waals surface area (Å²) < 4.78 is 0. The van der Waals surface area contributed by atoms with E-state index in [2.05, 4.69) is 61.9 Å². The van der Waals surface area contributed by atoms with Gasteiger partial charge in [0, 0.05) is 24.1 Å². The van der Waals surface area contributed by atoms with Gasteiger partial charge in [-0.1, -0.05) is 35.4 Å². The molecule has 2 rings (SSSR count). The molecule has 0 spiro atoms. The first kappa shape index (κ1) is 19.1. The Balaban J connectivity index is 0.00000264. The van der Waals surface area contributed by atoms with Crippen LogP contribution in [0, 0.1) is 27.7 Å². The molecule has 0 aliphatic carbocycles. The van der Waals surface area contributed by atoms with Crippen LogP contribution < -0.4 is 0 Å². The summed E-state index contributed by atoms with van der Waals surface area (Å²) in [6, 6.07) is 12.5. The first-order chi connectivity index (χ1) is 10.5. The second-order valence-corrected chi connectivity index (χ2v) is 5.73. The Kier molecular flexibility index (Phi) is 7.21. The number of hydrogen-bond acceptors (Lipinski definition) is 2. The third kappa shape index (κ3) is 5.66. The van der Waals surface area contributed by atoms with Crippen molar-refractivity contribution in [3.05, 3.63) is 58.7 Å². The minimum absolute atomic E-state index is 0. The minimum atomic E-state index is 0. The van der Waals surface area contributed by atoms with Crippen LogP contribution in [0.25, 0.3) is 0 Å². The van der Waals surface area contributed by atoms with E-state index in [0.717, 1.165) is 11.4 Å². The molecule has 23 heavy (non-hydrogen) atoms. The number of hydrogen-bond donors (Lipinski definition) is 0. The molecule has 0 aliphatic heterocycles. The minimum Gasteiger partial charge on any atom is -0.326 e. The van der Waals surface area contributed by atoms with Crippen LogP contribution >= 0.6 is 0 Å². The Morgan fingerprint density at radius 1 is 0.739 bits per heavy atom. The van der Waals surface area contributed by atoms with E-state index < -0.39 is 0 Å². The summed E-state index contributed by atoms with van der Waals surface area (Å²) in [5, 5.41) is 0. The summed E-state index contributed by atoms with van der Waals surface area (Å²) in [6.45, 7) is 8.32. The fraction of sp³-hybridized carbons (Fsp3) is 0.263. The molecular formula is C19H23FeN3. The standard InChI is InChI=1S/C19H23N3.Fe/c1-14-6-8-18(16(3)10-14)20-12-22(5)13-21-19-9-7-15(2)11-17(19)4;/h6-13H,1-5H3;/b20-12+,21-13+;. The van der Waals surface area contributed by atoms with Gasteiger partial charge in [0.1, 0.15) is 0 Å². The summed E-state index contributed by atoms with van der Waals surface area (Å²) in [7, 11) is 1.93. The van der Waals surface area contributed by atoms with E-state index in [-0.39, 0.29) is 17.1 Å². The molecule has 0 radical (unpaired) electrons. The van der Waals surface area contributed by atoms with E-state index >= 15 is 0 Å². The van der Waals surface area contributed by atoms with E-state index in [4.69, 9.17) is 0 Å². The zero-order chi connectivity index (χ0) is 16.1. The van der Waals surface area contributed by atoms with E-state index in [9.17, 15) is 0 Å². The molecule has 0 saturated carbocycles. The SMILES string of the molecule is Cc1ccc(/N=C/N(C)/C=N/c2ccc(C)cc2C)c(C)c1.[Fe]. The van der Waals surface area contributed by atoms with Crippen LogP contribution in [0.3, 0.4) is 0 Å². The Hall–Kier alpha value is -1.90. The molecule has 0 aliphatic rings. The first-order valence-corrected chi connectivity index (χ1v) is 7.40. The van der Waals surface area contributed by atoms with E-state index in [1.165, 1.54) is 22.3 Å². The van der Waals surface area contributed by atoms with Gasteiger partial charge < -0.3 is 4.90 Å². The predicted molar refractivity (Wildman–Crippen MR) is 95.9 cm³/mol. The Morgan fingerprint density at radius 3 is 1.48 bits per heavy atom. The monoisotopic (exact) mass is 349 g/mol. The molecule has 4 heteroatoms. The van der Waals surface area contributed by atoms with Gasteiger partial charge in [-0.25, -0.2) is 9.98 Å². The van der Waals surface area contributed by atoms with E-state index in [0.29, 0.717) is 0 Å². The van der Waals surface area contributed by atoms with Gasteiger partial charge in [0.15, 0.2) is 0 Å². The van der Waals surface area contributed by atoms with Crippen LogP contribution in [0.1, 0.15) is 22.3 Å². The molecular weight excluding hydrogens is 326 g/mol. The average Bonchev–Trinajstić information content (AvgIpc) is 2.45. The van der Waals surface area contributed by atoms with Crippen molar-refractivity contribution < 1.29 is 17.1 Å². The zero-order valence-electron chi connectivity index (χ0n) is 14.3. The van der Waals surface area contributed by atoms with E-state index in [1.807, 2.05) is 24.1 Å². The van der Waals surface area contributed by atoms with Crippen LogP contribution in [-0.4, -0.2) is 24.6 Å². The van der Waals surface area contributed by atoms with Gasteiger partial charge >= 0.3 is 0 Å². The third-order valence-electron chi connectivity index (χ3n) is 3.46. The van der Waals surface area contributed by atoms with Crippen molar-refractivity contribution in [1.29, 1.82) is 0 Å². The first-order valence-electron chi connectivity index (χ1n) is 7.40. The smallest absolute Gasteiger partial charge is 0.0961 e. The van der Waals surface area contributed by atoms with Gasteiger partial charge in [-0.05, 0) is 51.0 Å². The Bertz CT molecular complexity index is 659. The maximum Gasteiger partial charge on any atom is 0.0961 e. The van der Waals surface area contributed by atoms with Crippen molar-refractivity contribution in [2.75, 3.05) is 7.05 Å². The molecule has 0 N–H and O–H groups in total. The van der Waals surface area contributed by atoms with E-state index in [1.54, 1.807) is 12.7 Å². The van der Waals surface area contributed by atoms with Crippen molar-refractivity contribution in [3.8, 4) is 0 Å². The van der Waals surface area contributed by atoms with Gasteiger partial charge in [0.05, 0.1) is 24.1 Å². The van der Waals surface area contributed by atoms with Crippen LogP contribution in [0.4, 0.5) is 11.4 Å². The van der Waals surface area contributed by atoms with Gasteiger partial charge in [0.25, 0.3) is 0 Å². The van der Waals surface area contributed by atoms with Crippen LogP contribution in [0.2, 0.25) is 0 Å². The molecule has 2 aromatic carbocycles. The quantitative estimate of drug-likeness (QED) is 0.440. The van der Waals surface area contributed by atoms with Gasteiger partial charge in [-0.3, -0.25) is 0 Å². The normalized spacial score (nSPS) is 11.0. The van der Waals surface area contributed by atoms with Crippen molar-refractivity contribution >= 4 is 24.1 Å². The van der Waals surface area contributed by atoms with Crippen molar-refractivity contribution in [2.45, 2.75) is 27.7 Å². The number of aliphatic imine (C=N–C) groups is 2. The summed E-state index contributed by atoms with van der Waals surface area (Å²) in [5.74, 6) is 0. The predicted octanol–water partition coefficient (Wildman–Crippen LogP) is 4.87. The number of rotatable bonds is 4. The fourth-order valence-electron chi connectivity index (χ4n) is 2.24. The molecule has 2 aromatic rings. The molecule has 0 saturated heterocycles. The molecule has 122 valence electrons. The largest absolute Gasteiger partial charge is 0.326 e. The number of benzene rings is 2. The molecule has 3 nitrogen and oxygen atoms in total. The molecule has 0 fully saturated rings. The van der Waals surface area contributed by atoms with Gasteiger partial charge in [-0.2, -0.15) is 0 Å². The Labute approximate surface area is 149 Å². The Morgan fingerprint density at radius 2 is 1.13 bits per heavy atom. The van der Waals surface area contributed by atoms with Crippen LogP contribution in [0.15, 0.2) is 46.4 Å². The molecule has 0 atom stereocenters. The third-order valence-corrected chi connectivity index (χ3v) is 3.46. The molecule has 0 bridgehead atoms. The fourth-order valence-corrected chi connectivity index (χ4v) is 2.24. The molecule has 0 amide bonds. The van der Waals surface area contributed by atoms with Crippen molar-refractivity contribution in [1.82, 2.24) is 4.90 Å². The zero-order valence-corrected chi connectivity index (χ0v) is 15.4. The second-order valence-electron chi connectivity index (χ2n) is 5.73. The number of aryl methyl sites for hydroxylation is 4. The van der Waals surface area contributed by atoms with Crippen molar-refractivity contribution in [2.24, 2.45) is 9.98 Å². The maximum atomic E-state index is 4.51. The molecule has 0 heterocycles. The summed E-state index contributed by atoms with van der Waals surface area (Å²) in [6.07, 6.45) is 3.56. The topological polar surface area (TPSA) is 28.0 Å². The molecule has 0 unspecified atom stereocenters. The summed E-state index contributed by atoms with van der Waals surface area (Å²) >= 11 is 0. The average molecular weight is 349 g/mol. The summed E-state index contributed by atoms with van der Waals surface area (Å²) in [4.78, 5) is 10.9. The maximum absolute atomic E-state index is 4.51. The van der Waals surface area contributed by atoms with Crippen LogP contribution in [0.5, 0.6) is 0 Å².